The Balaban J connectivity index is 4.33. The van der Waals surface area contributed by atoms with Gasteiger partial charge in [-0.1, -0.05) is 0 Å². The fourth-order valence-electron chi connectivity index (χ4n) is 0.884. The molecule has 0 aromatic carbocycles. The van der Waals surface area contributed by atoms with Gasteiger partial charge in [-0.05, 0) is 0 Å². The van der Waals surface area contributed by atoms with Gasteiger partial charge in [0.15, 0.2) is 0 Å². The van der Waals surface area contributed by atoms with Crippen molar-refractivity contribution in [3.05, 3.63) is 0 Å². The number of hydrogen-bond acceptors (Lipinski definition) is 4. The quantitative estimate of drug-likeness (QED) is 0.601. The maximum atomic E-state index is 11.1. The normalized spacial score (nSPS) is 11.6. The van der Waals surface area contributed by atoms with E-state index in [2.05, 4.69) is 0 Å². The molecule has 0 saturated heterocycles. The Morgan fingerprint density at radius 2 is 1.40 bits per heavy atom. The molecule has 0 fully saturated rings. The Morgan fingerprint density at radius 3 is 1.60 bits per heavy atom. The molecule has 0 saturated carbocycles. The lowest BCUT2D eigenvalue weighted by Crippen LogP contribution is -2.33. The van der Waals surface area contributed by atoms with Gasteiger partial charge < -0.3 is 10.2 Å². The second kappa shape index (κ2) is 5.66. The molecule has 0 heterocycles. The number of nitrogens with zero attached hydrogens (tertiary/aromatic N) is 1. The van der Waals surface area contributed by atoms with Gasteiger partial charge in [0.2, 0.25) is 10.0 Å². The molecule has 0 rings (SSSR count). The van der Waals surface area contributed by atoms with Crippen LogP contribution in [0.4, 0.5) is 0 Å². The van der Waals surface area contributed by atoms with Crippen molar-refractivity contribution < 1.29 is 28.2 Å². The average Bonchev–Trinajstić information content (AvgIpc) is 2.00. The van der Waals surface area contributed by atoms with E-state index >= 15 is 0 Å². The highest BCUT2D eigenvalue weighted by Crippen LogP contribution is 2.01. The minimum absolute atomic E-state index is 0.207. The van der Waals surface area contributed by atoms with Crippen molar-refractivity contribution in [3.8, 4) is 0 Å². The smallest absolute Gasteiger partial charge is 0.304 e. The summed E-state index contributed by atoms with van der Waals surface area (Å²) in [5, 5.41) is 16.7. The molecule has 0 radical (unpaired) electrons. The largest absolute Gasteiger partial charge is 0.481 e. The summed E-state index contributed by atoms with van der Waals surface area (Å²) in [7, 11) is -3.55. The predicted molar refractivity (Wildman–Crippen MR) is 50.9 cm³/mol. The van der Waals surface area contributed by atoms with Crippen LogP contribution in [0.25, 0.3) is 0 Å². The maximum Gasteiger partial charge on any atom is 0.304 e. The number of rotatable bonds is 7. The number of carboxylic acids is 2. The Bertz CT molecular complexity index is 317. The molecular weight excluding hydrogens is 226 g/mol. The summed E-state index contributed by atoms with van der Waals surface area (Å²) in [6.45, 7) is -0.414. The predicted octanol–water partition coefficient (Wildman–Crippen LogP) is -0.803. The molecule has 0 aliphatic carbocycles. The lowest BCUT2D eigenvalue weighted by Gasteiger charge is -2.17. The molecule has 0 aromatic rings. The molecule has 2 N–H and O–H groups in total. The minimum Gasteiger partial charge on any atom is -0.481 e. The van der Waals surface area contributed by atoms with Crippen LogP contribution in [0, 0.1) is 0 Å². The molecule has 0 spiro atoms. The van der Waals surface area contributed by atoms with Crippen molar-refractivity contribution in [1.29, 1.82) is 0 Å². The van der Waals surface area contributed by atoms with Gasteiger partial charge >= 0.3 is 11.9 Å². The van der Waals surface area contributed by atoms with Crippen LogP contribution < -0.4 is 0 Å². The molecule has 15 heavy (non-hydrogen) atoms. The van der Waals surface area contributed by atoms with Crippen LogP contribution >= 0.6 is 0 Å². The second-order valence-corrected chi connectivity index (χ2v) is 4.93. The molecule has 88 valence electrons. The fourth-order valence-corrected chi connectivity index (χ4v) is 1.73. The van der Waals surface area contributed by atoms with Crippen LogP contribution in [-0.4, -0.2) is 54.2 Å². The molecule has 0 aromatic heterocycles. The summed E-state index contributed by atoms with van der Waals surface area (Å²) in [5.41, 5.74) is 0. The lowest BCUT2D eigenvalue weighted by molar-refractivity contribution is -0.137. The molecule has 0 aliphatic rings. The van der Waals surface area contributed by atoms with E-state index in [9.17, 15) is 18.0 Å². The highest BCUT2D eigenvalue weighted by molar-refractivity contribution is 7.88. The first-order chi connectivity index (χ1) is 6.73. The number of hydrogen-bond donors (Lipinski definition) is 2. The third kappa shape index (κ3) is 6.86. The Hall–Kier alpha value is -1.15. The summed E-state index contributed by atoms with van der Waals surface area (Å²) in [4.78, 5) is 20.5. The minimum atomic E-state index is -3.55. The molecule has 0 amide bonds. The van der Waals surface area contributed by atoms with Crippen LogP contribution in [-0.2, 0) is 19.6 Å². The van der Waals surface area contributed by atoms with Gasteiger partial charge in [-0.3, -0.25) is 9.59 Å². The van der Waals surface area contributed by atoms with Crippen LogP contribution in [0.2, 0.25) is 0 Å². The number of carbonyl (C=O) groups is 2. The summed E-state index contributed by atoms with van der Waals surface area (Å²) in [5.74, 6) is -2.25. The Labute approximate surface area is 87.4 Å². The van der Waals surface area contributed by atoms with Crippen molar-refractivity contribution in [1.82, 2.24) is 4.31 Å². The van der Waals surface area contributed by atoms with E-state index in [-0.39, 0.29) is 25.9 Å². The average molecular weight is 239 g/mol. The van der Waals surface area contributed by atoms with Gasteiger partial charge in [0, 0.05) is 13.1 Å². The summed E-state index contributed by atoms with van der Waals surface area (Å²) < 4.78 is 23.0. The maximum absolute atomic E-state index is 11.1. The van der Waals surface area contributed by atoms with Gasteiger partial charge in [0.1, 0.15) is 0 Å². The molecule has 0 unspecified atom stereocenters. The summed E-state index contributed by atoms with van der Waals surface area (Å²) >= 11 is 0. The monoisotopic (exact) mass is 239 g/mol. The van der Waals surface area contributed by atoms with Crippen LogP contribution in [0.5, 0.6) is 0 Å². The van der Waals surface area contributed by atoms with Gasteiger partial charge in [-0.15, -0.1) is 0 Å². The Morgan fingerprint density at radius 1 is 1.07 bits per heavy atom. The van der Waals surface area contributed by atoms with Crippen molar-refractivity contribution in [3.63, 3.8) is 0 Å². The van der Waals surface area contributed by atoms with Crippen molar-refractivity contribution in [2.24, 2.45) is 0 Å². The summed E-state index contributed by atoms with van der Waals surface area (Å²) in [6.07, 6.45) is 0.232. The van der Waals surface area contributed by atoms with Crippen LogP contribution in [0.3, 0.4) is 0 Å². The summed E-state index contributed by atoms with van der Waals surface area (Å²) in [6, 6.07) is 0. The Kier molecular flexibility index (Phi) is 5.23. The fraction of sp³-hybridized carbons (Fsp3) is 0.714. The number of sulfonamides is 1. The van der Waals surface area contributed by atoms with Gasteiger partial charge in [-0.2, -0.15) is 0 Å². The van der Waals surface area contributed by atoms with Gasteiger partial charge in [0.25, 0.3) is 0 Å². The van der Waals surface area contributed by atoms with E-state index in [0.717, 1.165) is 10.6 Å². The van der Waals surface area contributed by atoms with E-state index in [1.807, 2.05) is 0 Å². The van der Waals surface area contributed by atoms with E-state index in [0.29, 0.717) is 0 Å². The van der Waals surface area contributed by atoms with E-state index in [1.54, 1.807) is 0 Å². The molecule has 0 bridgehead atoms. The topological polar surface area (TPSA) is 112 Å². The molecule has 7 nitrogen and oxygen atoms in total. The second-order valence-electron chi connectivity index (χ2n) is 2.95. The van der Waals surface area contributed by atoms with Crippen molar-refractivity contribution in [2.75, 3.05) is 19.3 Å². The third-order valence-corrected chi connectivity index (χ3v) is 2.92. The van der Waals surface area contributed by atoms with Crippen LogP contribution in [0.1, 0.15) is 12.8 Å². The van der Waals surface area contributed by atoms with Crippen molar-refractivity contribution >= 4 is 22.0 Å². The van der Waals surface area contributed by atoms with E-state index < -0.39 is 22.0 Å². The highest BCUT2D eigenvalue weighted by Gasteiger charge is 2.18. The van der Waals surface area contributed by atoms with Crippen LogP contribution in [0.15, 0.2) is 0 Å². The van der Waals surface area contributed by atoms with Gasteiger partial charge in [0.05, 0.1) is 19.1 Å². The lowest BCUT2D eigenvalue weighted by atomic mass is 10.4. The molecule has 8 heteroatoms. The SMILES string of the molecule is CS(=O)(=O)N(CCC(=O)O)CCC(=O)O. The molecule has 0 atom stereocenters. The highest BCUT2D eigenvalue weighted by atomic mass is 32.2. The number of aliphatic carboxylic acids is 2. The zero-order chi connectivity index (χ0) is 12.1. The first kappa shape index (κ1) is 13.8. The van der Waals surface area contributed by atoms with E-state index in [1.165, 1.54) is 0 Å². The first-order valence-corrected chi connectivity index (χ1v) is 5.97. The molecule has 0 aliphatic heterocycles. The van der Waals surface area contributed by atoms with E-state index in [4.69, 9.17) is 10.2 Å². The standard InChI is InChI=1S/C7H13NO6S/c1-15(13,14)8(4-2-6(9)10)5-3-7(11)12/h2-5H2,1H3,(H,9,10)(H,11,12). The van der Waals surface area contributed by atoms with Gasteiger partial charge in [-0.25, -0.2) is 12.7 Å². The zero-order valence-electron chi connectivity index (χ0n) is 8.21. The van der Waals surface area contributed by atoms with Crippen molar-refractivity contribution in [2.45, 2.75) is 12.8 Å². The number of carboxylic acid groups (broad SMARTS) is 2. The molecular formula is C7H13NO6S. The zero-order valence-corrected chi connectivity index (χ0v) is 9.03. The first-order valence-electron chi connectivity index (χ1n) is 4.12. The third-order valence-electron chi connectivity index (χ3n) is 1.62.